The Kier molecular flexibility index (Phi) is 3.87. The quantitative estimate of drug-likeness (QED) is 0.883. The molecule has 3 rings (SSSR count). The average molecular weight is 339 g/mol. The minimum absolute atomic E-state index is 0.0630. The van der Waals surface area contributed by atoms with Gasteiger partial charge in [0.15, 0.2) is 18.2 Å². The van der Waals surface area contributed by atoms with E-state index in [-0.39, 0.29) is 28.8 Å². The van der Waals surface area contributed by atoms with Crippen molar-refractivity contribution in [3.05, 3.63) is 52.6 Å². The first kappa shape index (κ1) is 15.2. The number of amides is 2. The molecule has 2 amide bonds. The number of ether oxygens (including phenoxy) is 1. The van der Waals surface area contributed by atoms with Crippen LogP contribution in [0.2, 0.25) is 5.02 Å². The molecule has 0 saturated carbocycles. The predicted molar refractivity (Wildman–Crippen MR) is 79.9 cm³/mol. The molecule has 8 heteroatoms. The number of nitrogens with one attached hydrogen (secondary N) is 2. The fourth-order valence-electron chi connectivity index (χ4n) is 2.03. The van der Waals surface area contributed by atoms with Gasteiger partial charge in [-0.3, -0.25) is 9.59 Å². The number of fused-ring (bicyclic) bond motifs is 1. The summed E-state index contributed by atoms with van der Waals surface area (Å²) in [4.78, 5) is 23.3. The van der Waals surface area contributed by atoms with E-state index in [4.69, 9.17) is 16.3 Å². The third kappa shape index (κ3) is 3.09. The topological polar surface area (TPSA) is 67.4 Å². The maximum absolute atomic E-state index is 13.2. The van der Waals surface area contributed by atoms with Gasteiger partial charge in [0.1, 0.15) is 5.75 Å². The Labute approximate surface area is 134 Å². The van der Waals surface area contributed by atoms with Gasteiger partial charge in [0, 0.05) is 11.6 Å². The van der Waals surface area contributed by atoms with Gasteiger partial charge < -0.3 is 15.4 Å². The van der Waals surface area contributed by atoms with Crippen LogP contribution in [0.25, 0.3) is 0 Å². The van der Waals surface area contributed by atoms with Crippen molar-refractivity contribution in [3.8, 4) is 5.75 Å². The number of halogens is 3. The largest absolute Gasteiger partial charge is 0.482 e. The molecule has 0 aliphatic carbocycles. The van der Waals surface area contributed by atoms with Gasteiger partial charge >= 0.3 is 0 Å². The molecule has 2 aromatic rings. The molecule has 0 saturated heterocycles. The van der Waals surface area contributed by atoms with E-state index in [2.05, 4.69) is 10.6 Å². The Morgan fingerprint density at radius 3 is 2.74 bits per heavy atom. The Hall–Kier alpha value is -2.67. The Balaban J connectivity index is 1.86. The lowest BCUT2D eigenvalue weighted by Crippen LogP contribution is -2.25. The van der Waals surface area contributed by atoms with E-state index in [0.717, 1.165) is 18.2 Å². The van der Waals surface area contributed by atoms with Crippen molar-refractivity contribution in [2.24, 2.45) is 0 Å². The molecule has 2 aromatic carbocycles. The summed E-state index contributed by atoms with van der Waals surface area (Å²) in [7, 11) is 0. The van der Waals surface area contributed by atoms with E-state index in [1.807, 2.05) is 0 Å². The van der Waals surface area contributed by atoms with Gasteiger partial charge in [-0.2, -0.15) is 0 Å². The molecule has 0 bridgehead atoms. The summed E-state index contributed by atoms with van der Waals surface area (Å²) in [5.41, 5.74) is 0.542. The Bertz CT molecular complexity index is 827. The highest BCUT2D eigenvalue weighted by molar-refractivity contribution is 6.34. The number of carbonyl (C=O) groups excluding carboxylic acids is 2. The first-order chi connectivity index (χ1) is 10.9. The molecule has 0 unspecified atom stereocenters. The van der Waals surface area contributed by atoms with Crippen molar-refractivity contribution in [2.75, 3.05) is 17.2 Å². The van der Waals surface area contributed by atoms with E-state index < -0.39 is 17.5 Å². The number of hydrogen-bond acceptors (Lipinski definition) is 3. The van der Waals surface area contributed by atoms with Crippen LogP contribution in [0.3, 0.4) is 0 Å². The Morgan fingerprint density at radius 1 is 1.22 bits per heavy atom. The predicted octanol–water partition coefficient (Wildman–Crippen LogP) is 3.20. The van der Waals surface area contributed by atoms with Gasteiger partial charge in [0.05, 0.1) is 16.4 Å². The van der Waals surface area contributed by atoms with E-state index in [9.17, 15) is 18.4 Å². The molecule has 0 aromatic heterocycles. The highest BCUT2D eigenvalue weighted by Gasteiger charge is 2.19. The van der Waals surface area contributed by atoms with Crippen molar-refractivity contribution in [3.63, 3.8) is 0 Å². The summed E-state index contributed by atoms with van der Waals surface area (Å²) in [6.07, 6.45) is 0. The summed E-state index contributed by atoms with van der Waals surface area (Å²) in [5.74, 6) is -2.80. The zero-order valence-corrected chi connectivity index (χ0v) is 12.2. The maximum Gasteiger partial charge on any atom is 0.262 e. The van der Waals surface area contributed by atoms with Crippen LogP contribution in [0.4, 0.5) is 20.2 Å². The number of benzene rings is 2. The lowest BCUT2D eigenvalue weighted by molar-refractivity contribution is -0.118. The standard InChI is InChI=1S/C15H9ClF2N2O3/c16-8-4-12-13(23-6-14(21)19-12)5-11(8)20-15(22)7-1-2-9(17)10(18)3-7/h1-5H,6H2,(H,19,21)(H,20,22). The fourth-order valence-corrected chi connectivity index (χ4v) is 2.24. The van der Waals surface area contributed by atoms with Gasteiger partial charge in [-0.1, -0.05) is 11.6 Å². The lowest BCUT2D eigenvalue weighted by Gasteiger charge is -2.19. The first-order valence-electron chi connectivity index (χ1n) is 6.46. The van der Waals surface area contributed by atoms with Crippen molar-refractivity contribution in [1.29, 1.82) is 0 Å². The summed E-state index contributed by atoms with van der Waals surface area (Å²) in [6, 6.07) is 5.66. The molecule has 1 aliphatic rings. The number of rotatable bonds is 2. The van der Waals surface area contributed by atoms with E-state index in [1.165, 1.54) is 12.1 Å². The second-order valence-electron chi connectivity index (χ2n) is 4.75. The highest BCUT2D eigenvalue weighted by atomic mass is 35.5. The van der Waals surface area contributed by atoms with Crippen molar-refractivity contribution < 1.29 is 23.1 Å². The first-order valence-corrected chi connectivity index (χ1v) is 6.84. The van der Waals surface area contributed by atoms with Crippen LogP contribution in [0.5, 0.6) is 5.75 Å². The molecule has 1 aliphatic heterocycles. The number of carbonyl (C=O) groups is 2. The van der Waals surface area contributed by atoms with Crippen LogP contribution < -0.4 is 15.4 Å². The second kappa shape index (κ2) is 5.85. The second-order valence-corrected chi connectivity index (χ2v) is 5.16. The summed E-state index contributed by atoms with van der Waals surface area (Å²) < 4.78 is 31.3. The van der Waals surface area contributed by atoms with Crippen LogP contribution in [0.15, 0.2) is 30.3 Å². The number of hydrogen-bond donors (Lipinski definition) is 2. The third-order valence-electron chi connectivity index (χ3n) is 3.13. The van der Waals surface area contributed by atoms with E-state index in [0.29, 0.717) is 11.4 Å². The molecule has 5 nitrogen and oxygen atoms in total. The normalized spacial score (nSPS) is 12.9. The Morgan fingerprint density at radius 2 is 2.00 bits per heavy atom. The summed E-state index contributed by atoms with van der Waals surface area (Å²) in [6.45, 7) is -0.148. The molecule has 118 valence electrons. The summed E-state index contributed by atoms with van der Waals surface area (Å²) in [5, 5.41) is 5.21. The van der Waals surface area contributed by atoms with Crippen LogP contribution in [-0.4, -0.2) is 18.4 Å². The minimum Gasteiger partial charge on any atom is -0.482 e. The molecule has 2 N–H and O–H groups in total. The summed E-state index contributed by atoms with van der Waals surface area (Å²) >= 11 is 6.04. The monoisotopic (exact) mass is 338 g/mol. The van der Waals surface area contributed by atoms with Crippen LogP contribution in [-0.2, 0) is 4.79 Å². The SMILES string of the molecule is O=C1COc2cc(NC(=O)c3ccc(F)c(F)c3)c(Cl)cc2N1. The van der Waals surface area contributed by atoms with Gasteiger partial charge in [0.2, 0.25) is 0 Å². The average Bonchev–Trinajstić information content (AvgIpc) is 2.51. The van der Waals surface area contributed by atoms with Crippen LogP contribution in [0.1, 0.15) is 10.4 Å². The molecule has 0 fully saturated rings. The fraction of sp³-hybridized carbons (Fsp3) is 0.0667. The zero-order chi connectivity index (χ0) is 16.6. The molecular formula is C15H9ClF2N2O3. The molecular weight excluding hydrogens is 330 g/mol. The molecule has 0 spiro atoms. The van der Waals surface area contributed by atoms with Crippen molar-refractivity contribution >= 4 is 34.8 Å². The van der Waals surface area contributed by atoms with E-state index >= 15 is 0 Å². The third-order valence-corrected chi connectivity index (χ3v) is 3.44. The van der Waals surface area contributed by atoms with Gasteiger partial charge in [-0.25, -0.2) is 8.78 Å². The van der Waals surface area contributed by atoms with E-state index in [1.54, 1.807) is 0 Å². The highest BCUT2D eigenvalue weighted by Crippen LogP contribution is 2.36. The van der Waals surface area contributed by atoms with Crippen LogP contribution >= 0.6 is 11.6 Å². The van der Waals surface area contributed by atoms with Gasteiger partial charge in [0.25, 0.3) is 11.8 Å². The molecule has 0 atom stereocenters. The zero-order valence-electron chi connectivity index (χ0n) is 11.5. The molecule has 0 radical (unpaired) electrons. The van der Waals surface area contributed by atoms with Crippen molar-refractivity contribution in [1.82, 2.24) is 0 Å². The van der Waals surface area contributed by atoms with Gasteiger partial charge in [-0.05, 0) is 24.3 Å². The van der Waals surface area contributed by atoms with Crippen molar-refractivity contribution in [2.45, 2.75) is 0 Å². The maximum atomic E-state index is 13.2. The molecule has 1 heterocycles. The molecule has 23 heavy (non-hydrogen) atoms. The minimum atomic E-state index is -1.12. The van der Waals surface area contributed by atoms with Gasteiger partial charge in [-0.15, -0.1) is 0 Å². The lowest BCUT2D eigenvalue weighted by atomic mass is 10.2. The smallest absolute Gasteiger partial charge is 0.262 e. The van der Waals surface area contributed by atoms with Crippen LogP contribution in [0, 0.1) is 11.6 Å². The number of anilines is 2.